The molecule has 0 fully saturated rings. The Morgan fingerprint density at radius 2 is 1.74 bits per heavy atom. The second-order valence-electron chi connectivity index (χ2n) is 8.16. The minimum Gasteiger partial charge on any atom is -0.483 e. The van der Waals surface area contributed by atoms with E-state index in [1.54, 1.807) is 4.90 Å². The number of hydrogen-bond donors (Lipinski definition) is 1. The fourth-order valence-corrected chi connectivity index (χ4v) is 3.63. The second-order valence-corrected chi connectivity index (χ2v) is 8.16. The molecule has 0 unspecified atom stereocenters. The maximum absolute atomic E-state index is 13.3. The number of carbonyl (C=O) groups excluding carboxylic acids is 2. The molecule has 0 saturated heterocycles. The predicted molar refractivity (Wildman–Crippen MR) is 125 cm³/mol. The Hall–Kier alpha value is -2.82. The molecule has 0 aromatic heterocycles. The summed E-state index contributed by atoms with van der Waals surface area (Å²) in [5, 5.41) is 2.94. The third kappa shape index (κ3) is 6.58. The Morgan fingerprint density at radius 1 is 1.03 bits per heavy atom. The van der Waals surface area contributed by atoms with E-state index in [-0.39, 0.29) is 18.4 Å². The Balaban J connectivity index is 2.26. The standard InChI is InChI=1S/C26H36N2O3/c1-7-13-27-26(30)23(8-2)28(16-22-12-10-9-11-19(22)4)25(29)17-31-24-15-18(3)14-20(5)21(24)6/h9-12,14-15,23H,7-8,13,16-17H2,1-6H3,(H,27,30)/t23-/m0/s1. The summed E-state index contributed by atoms with van der Waals surface area (Å²) in [5.74, 6) is 0.402. The predicted octanol–water partition coefficient (Wildman–Crippen LogP) is 4.63. The smallest absolute Gasteiger partial charge is 0.261 e. The van der Waals surface area contributed by atoms with Crippen molar-refractivity contribution in [3.05, 3.63) is 64.2 Å². The first kappa shape index (κ1) is 24.4. The molecule has 5 heteroatoms. The number of hydrogen-bond acceptors (Lipinski definition) is 3. The van der Waals surface area contributed by atoms with Gasteiger partial charge in [-0.15, -0.1) is 0 Å². The van der Waals surface area contributed by atoms with Crippen molar-refractivity contribution < 1.29 is 14.3 Å². The molecule has 168 valence electrons. The second kappa shape index (κ2) is 11.5. The summed E-state index contributed by atoms with van der Waals surface area (Å²) in [6, 6.07) is 11.5. The molecule has 2 aromatic carbocycles. The third-order valence-electron chi connectivity index (χ3n) is 5.65. The zero-order valence-electron chi connectivity index (χ0n) is 19.7. The molecule has 0 aliphatic heterocycles. The summed E-state index contributed by atoms with van der Waals surface area (Å²) in [4.78, 5) is 27.8. The molecule has 5 nitrogen and oxygen atoms in total. The van der Waals surface area contributed by atoms with E-state index in [0.717, 1.165) is 34.2 Å². The summed E-state index contributed by atoms with van der Waals surface area (Å²) in [6.45, 7) is 12.9. The van der Waals surface area contributed by atoms with Gasteiger partial charge in [-0.05, 0) is 74.4 Å². The van der Waals surface area contributed by atoms with Gasteiger partial charge in [-0.25, -0.2) is 0 Å². The maximum atomic E-state index is 13.3. The lowest BCUT2D eigenvalue weighted by Gasteiger charge is -2.31. The first-order chi connectivity index (χ1) is 14.8. The SMILES string of the molecule is CCCNC(=O)[C@H](CC)N(Cc1ccccc1C)C(=O)COc1cc(C)cc(C)c1C. The maximum Gasteiger partial charge on any atom is 0.261 e. The first-order valence-corrected chi connectivity index (χ1v) is 11.1. The average Bonchev–Trinajstić information content (AvgIpc) is 2.74. The van der Waals surface area contributed by atoms with Crippen molar-refractivity contribution in [1.29, 1.82) is 0 Å². The molecule has 2 amide bonds. The number of ether oxygens (including phenoxy) is 1. The van der Waals surface area contributed by atoms with Gasteiger partial charge in [-0.1, -0.05) is 44.2 Å². The Bertz CT molecular complexity index is 908. The molecule has 31 heavy (non-hydrogen) atoms. The van der Waals surface area contributed by atoms with Gasteiger partial charge in [0, 0.05) is 13.1 Å². The van der Waals surface area contributed by atoms with E-state index in [0.29, 0.717) is 25.3 Å². The van der Waals surface area contributed by atoms with Gasteiger partial charge in [-0.3, -0.25) is 9.59 Å². The van der Waals surface area contributed by atoms with E-state index < -0.39 is 6.04 Å². The molecule has 0 bridgehead atoms. The van der Waals surface area contributed by atoms with Crippen molar-refractivity contribution in [3.63, 3.8) is 0 Å². The molecule has 1 atom stereocenters. The van der Waals surface area contributed by atoms with Gasteiger partial charge in [0.25, 0.3) is 5.91 Å². The third-order valence-corrected chi connectivity index (χ3v) is 5.65. The molecule has 0 aliphatic rings. The molecular formula is C26H36N2O3. The van der Waals surface area contributed by atoms with Crippen LogP contribution in [0.1, 0.15) is 54.5 Å². The van der Waals surface area contributed by atoms with Gasteiger partial charge in [0.15, 0.2) is 6.61 Å². The molecule has 2 rings (SSSR count). The summed E-state index contributed by atoms with van der Waals surface area (Å²) < 4.78 is 5.94. The minimum absolute atomic E-state index is 0.104. The Labute approximate surface area is 186 Å². The highest BCUT2D eigenvalue weighted by molar-refractivity contribution is 5.88. The van der Waals surface area contributed by atoms with Gasteiger partial charge in [0.05, 0.1) is 0 Å². The van der Waals surface area contributed by atoms with Gasteiger partial charge >= 0.3 is 0 Å². The zero-order valence-corrected chi connectivity index (χ0v) is 19.7. The molecule has 0 heterocycles. The van der Waals surface area contributed by atoms with Gasteiger partial charge in [0.1, 0.15) is 11.8 Å². The highest BCUT2D eigenvalue weighted by Crippen LogP contribution is 2.24. The van der Waals surface area contributed by atoms with E-state index in [1.165, 1.54) is 0 Å². The van der Waals surface area contributed by atoms with Crippen LogP contribution in [0.2, 0.25) is 0 Å². The van der Waals surface area contributed by atoms with Crippen LogP contribution in [-0.2, 0) is 16.1 Å². The summed E-state index contributed by atoms with van der Waals surface area (Å²) in [6.07, 6.45) is 1.39. The molecule has 0 spiro atoms. The molecule has 0 aliphatic carbocycles. The van der Waals surface area contributed by atoms with E-state index >= 15 is 0 Å². The molecule has 0 saturated carbocycles. The van der Waals surface area contributed by atoms with Gasteiger partial charge in [0.2, 0.25) is 5.91 Å². The summed E-state index contributed by atoms with van der Waals surface area (Å²) in [5.41, 5.74) is 5.37. The Morgan fingerprint density at radius 3 is 2.39 bits per heavy atom. The fourth-order valence-electron chi connectivity index (χ4n) is 3.63. The van der Waals surface area contributed by atoms with Crippen molar-refractivity contribution >= 4 is 11.8 Å². The van der Waals surface area contributed by atoms with Crippen molar-refractivity contribution in [2.24, 2.45) is 0 Å². The van der Waals surface area contributed by atoms with E-state index in [2.05, 4.69) is 11.4 Å². The minimum atomic E-state index is -0.539. The van der Waals surface area contributed by atoms with Crippen LogP contribution in [0.15, 0.2) is 36.4 Å². The summed E-state index contributed by atoms with van der Waals surface area (Å²) >= 11 is 0. The number of nitrogens with one attached hydrogen (secondary N) is 1. The van der Waals surface area contributed by atoms with E-state index in [9.17, 15) is 9.59 Å². The van der Waals surface area contributed by atoms with Crippen LogP contribution in [0.4, 0.5) is 0 Å². The highest BCUT2D eigenvalue weighted by Gasteiger charge is 2.29. The summed E-state index contributed by atoms with van der Waals surface area (Å²) in [7, 11) is 0. The molecular weight excluding hydrogens is 388 g/mol. The van der Waals surface area contributed by atoms with Crippen LogP contribution in [0, 0.1) is 27.7 Å². The van der Waals surface area contributed by atoms with Gasteiger partial charge < -0.3 is 15.0 Å². The fraction of sp³-hybridized carbons (Fsp3) is 0.462. The normalized spacial score (nSPS) is 11.7. The lowest BCUT2D eigenvalue weighted by Crippen LogP contribution is -2.50. The number of nitrogens with zero attached hydrogens (tertiary/aromatic N) is 1. The molecule has 2 aromatic rings. The highest BCUT2D eigenvalue weighted by atomic mass is 16.5. The van der Waals surface area contributed by atoms with Crippen molar-refractivity contribution in [2.45, 2.75) is 67.0 Å². The van der Waals surface area contributed by atoms with Crippen LogP contribution in [0.25, 0.3) is 0 Å². The molecule has 0 radical (unpaired) electrons. The monoisotopic (exact) mass is 424 g/mol. The van der Waals surface area contributed by atoms with E-state index in [1.807, 2.05) is 71.9 Å². The van der Waals surface area contributed by atoms with Crippen LogP contribution in [0.3, 0.4) is 0 Å². The molecule has 1 N–H and O–H groups in total. The van der Waals surface area contributed by atoms with E-state index in [4.69, 9.17) is 4.74 Å². The number of aryl methyl sites for hydroxylation is 3. The number of rotatable bonds is 10. The Kier molecular flexibility index (Phi) is 9.10. The van der Waals surface area contributed by atoms with Crippen molar-refractivity contribution in [2.75, 3.05) is 13.2 Å². The van der Waals surface area contributed by atoms with Gasteiger partial charge in [-0.2, -0.15) is 0 Å². The lowest BCUT2D eigenvalue weighted by molar-refractivity contribution is -0.143. The quantitative estimate of drug-likeness (QED) is 0.605. The van der Waals surface area contributed by atoms with Crippen molar-refractivity contribution in [1.82, 2.24) is 10.2 Å². The lowest BCUT2D eigenvalue weighted by atomic mass is 10.1. The zero-order chi connectivity index (χ0) is 23.0. The van der Waals surface area contributed by atoms with Crippen LogP contribution in [0.5, 0.6) is 5.75 Å². The number of amides is 2. The topological polar surface area (TPSA) is 58.6 Å². The largest absolute Gasteiger partial charge is 0.483 e. The number of carbonyl (C=O) groups is 2. The van der Waals surface area contributed by atoms with Crippen LogP contribution in [-0.4, -0.2) is 35.9 Å². The van der Waals surface area contributed by atoms with Crippen LogP contribution >= 0.6 is 0 Å². The number of benzene rings is 2. The average molecular weight is 425 g/mol. The first-order valence-electron chi connectivity index (χ1n) is 11.1. The van der Waals surface area contributed by atoms with Crippen LogP contribution < -0.4 is 10.1 Å². The van der Waals surface area contributed by atoms with Crippen molar-refractivity contribution in [3.8, 4) is 5.75 Å².